The molecular weight excluding hydrogens is 305 g/mol. The minimum atomic E-state index is -4.24. The van der Waals surface area contributed by atoms with Crippen molar-refractivity contribution in [2.24, 2.45) is 5.92 Å². The summed E-state index contributed by atoms with van der Waals surface area (Å²) in [5.74, 6) is -0.0715. The van der Waals surface area contributed by atoms with Gasteiger partial charge in [0.1, 0.15) is 0 Å². The van der Waals surface area contributed by atoms with E-state index in [1.807, 2.05) is 34.6 Å². The fraction of sp³-hybridized carbons (Fsp3) is 0.611. The molecule has 0 bridgehead atoms. The van der Waals surface area contributed by atoms with Crippen LogP contribution in [0.1, 0.15) is 64.5 Å². The summed E-state index contributed by atoms with van der Waals surface area (Å²) in [5, 5.41) is 0. The third-order valence-electron chi connectivity index (χ3n) is 3.71. The number of hydrogen-bond donors (Lipinski definition) is 0. The number of carbonyl (C=O) groups is 1. The minimum absolute atomic E-state index is 0.0483. The van der Waals surface area contributed by atoms with Gasteiger partial charge in [0.15, 0.2) is 0 Å². The highest BCUT2D eigenvalue weighted by atomic mass is 19.4. The summed E-state index contributed by atoms with van der Waals surface area (Å²) < 4.78 is 42.4. The SMILES string of the molecule is CCC(C)c1ccccc1C(F)(F)F.CCOC(=O)C(C)CC. The van der Waals surface area contributed by atoms with Crippen molar-refractivity contribution in [1.82, 2.24) is 0 Å². The molecule has 1 rings (SSSR count). The van der Waals surface area contributed by atoms with Crippen LogP contribution in [0.2, 0.25) is 0 Å². The molecule has 5 heteroatoms. The first-order valence-corrected chi connectivity index (χ1v) is 8.01. The van der Waals surface area contributed by atoms with E-state index in [1.54, 1.807) is 12.1 Å². The summed E-state index contributed by atoms with van der Waals surface area (Å²) in [6, 6.07) is 5.77. The maximum atomic E-state index is 12.5. The Bertz CT molecular complexity index is 470. The van der Waals surface area contributed by atoms with Gasteiger partial charge >= 0.3 is 12.1 Å². The third kappa shape index (κ3) is 7.53. The zero-order valence-electron chi connectivity index (χ0n) is 14.5. The molecule has 0 amide bonds. The van der Waals surface area contributed by atoms with Crippen molar-refractivity contribution in [3.63, 3.8) is 0 Å². The molecule has 1 aromatic rings. The van der Waals surface area contributed by atoms with Gasteiger partial charge in [-0.3, -0.25) is 4.79 Å². The lowest BCUT2D eigenvalue weighted by molar-refractivity contribution is -0.147. The van der Waals surface area contributed by atoms with E-state index in [4.69, 9.17) is 4.74 Å². The smallest absolute Gasteiger partial charge is 0.416 e. The standard InChI is InChI=1S/C11H13F3.C7H14O2/c1-3-8(2)9-6-4-5-7-10(9)11(12,13)14;1-4-6(3)7(8)9-5-2/h4-8H,3H2,1-2H3;6H,4-5H2,1-3H3. The van der Waals surface area contributed by atoms with Gasteiger partial charge in [-0.1, -0.05) is 45.9 Å². The number of rotatable bonds is 5. The van der Waals surface area contributed by atoms with Crippen LogP contribution in [0.15, 0.2) is 24.3 Å². The van der Waals surface area contributed by atoms with E-state index in [1.165, 1.54) is 6.07 Å². The van der Waals surface area contributed by atoms with Gasteiger partial charge in [0.2, 0.25) is 0 Å². The fourth-order valence-electron chi connectivity index (χ4n) is 1.86. The highest BCUT2D eigenvalue weighted by Crippen LogP contribution is 2.35. The number of alkyl halides is 3. The van der Waals surface area contributed by atoms with Crippen LogP contribution in [0.25, 0.3) is 0 Å². The molecule has 0 aliphatic carbocycles. The molecule has 0 N–H and O–H groups in total. The first-order valence-electron chi connectivity index (χ1n) is 8.01. The average Bonchev–Trinajstić information content (AvgIpc) is 2.53. The summed E-state index contributed by atoms with van der Waals surface area (Å²) in [7, 11) is 0. The second-order valence-electron chi connectivity index (χ2n) is 5.46. The van der Waals surface area contributed by atoms with Crippen LogP contribution < -0.4 is 0 Å². The number of hydrogen-bond acceptors (Lipinski definition) is 2. The Morgan fingerprint density at radius 1 is 1.09 bits per heavy atom. The van der Waals surface area contributed by atoms with Crippen LogP contribution in [-0.4, -0.2) is 12.6 Å². The molecule has 2 unspecified atom stereocenters. The molecule has 0 aliphatic rings. The maximum Gasteiger partial charge on any atom is 0.416 e. The van der Waals surface area contributed by atoms with Crippen molar-refractivity contribution in [2.75, 3.05) is 6.61 Å². The average molecular weight is 332 g/mol. The highest BCUT2D eigenvalue weighted by Gasteiger charge is 2.33. The van der Waals surface area contributed by atoms with Crippen LogP contribution in [-0.2, 0) is 15.7 Å². The van der Waals surface area contributed by atoms with Crippen molar-refractivity contribution >= 4 is 5.97 Å². The van der Waals surface area contributed by atoms with E-state index in [0.717, 1.165) is 12.5 Å². The number of carbonyl (C=O) groups excluding carboxylic acids is 1. The Kier molecular flexibility index (Phi) is 9.61. The fourth-order valence-corrected chi connectivity index (χ4v) is 1.86. The van der Waals surface area contributed by atoms with Gasteiger partial charge in [-0.05, 0) is 37.3 Å². The largest absolute Gasteiger partial charge is 0.466 e. The number of ether oxygens (including phenoxy) is 1. The molecule has 1 aromatic carbocycles. The van der Waals surface area contributed by atoms with Gasteiger partial charge in [0.05, 0.1) is 18.1 Å². The summed E-state index contributed by atoms with van der Waals surface area (Å²) in [6.45, 7) is 9.85. The molecule has 0 aliphatic heterocycles. The Hall–Kier alpha value is -1.52. The van der Waals surface area contributed by atoms with E-state index >= 15 is 0 Å². The van der Waals surface area contributed by atoms with Crippen molar-refractivity contribution in [3.8, 4) is 0 Å². The molecule has 23 heavy (non-hydrogen) atoms. The molecule has 0 aromatic heterocycles. The lowest BCUT2D eigenvalue weighted by Gasteiger charge is -2.16. The van der Waals surface area contributed by atoms with Gasteiger partial charge in [-0.2, -0.15) is 13.2 Å². The predicted octanol–water partition coefficient (Wildman–Crippen LogP) is 5.81. The van der Waals surface area contributed by atoms with Gasteiger partial charge in [0, 0.05) is 0 Å². The summed E-state index contributed by atoms with van der Waals surface area (Å²) in [6.07, 6.45) is -2.66. The zero-order valence-corrected chi connectivity index (χ0v) is 14.5. The van der Waals surface area contributed by atoms with E-state index in [-0.39, 0.29) is 17.8 Å². The normalized spacial score (nSPS) is 13.6. The Labute approximate surface area is 137 Å². The van der Waals surface area contributed by atoms with Gasteiger partial charge in [-0.25, -0.2) is 0 Å². The molecule has 132 valence electrons. The predicted molar refractivity (Wildman–Crippen MR) is 86.2 cm³/mol. The Morgan fingerprint density at radius 2 is 1.65 bits per heavy atom. The molecule has 0 spiro atoms. The van der Waals surface area contributed by atoms with E-state index < -0.39 is 11.7 Å². The van der Waals surface area contributed by atoms with Crippen molar-refractivity contribution < 1.29 is 22.7 Å². The molecule has 0 saturated heterocycles. The van der Waals surface area contributed by atoms with E-state index in [9.17, 15) is 18.0 Å². The lowest BCUT2D eigenvalue weighted by Crippen LogP contribution is -2.13. The lowest BCUT2D eigenvalue weighted by atomic mass is 9.93. The minimum Gasteiger partial charge on any atom is -0.466 e. The van der Waals surface area contributed by atoms with Crippen molar-refractivity contribution in [3.05, 3.63) is 35.4 Å². The number of halogens is 3. The molecule has 2 nitrogen and oxygen atoms in total. The van der Waals surface area contributed by atoms with Gasteiger partial charge in [-0.15, -0.1) is 0 Å². The van der Waals surface area contributed by atoms with Gasteiger partial charge < -0.3 is 4.74 Å². The Morgan fingerprint density at radius 3 is 2.09 bits per heavy atom. The second kappa shape index (κ2) is 10.3. The molecule has 0 fully saturated rings. The number of benzene rings is 1. The second-order valence-corrected chi connectivity index (χ2v) is 5.46. The topological polar surface area (TPSA) is 26.3 Å². The molecule has 0 radical (unpaired) electrons. The van der Waals surface area contributed by atoms with Crippen LogP contribution in [0.3, 0.4) is 0 Å². The first kappa shape index (κ1) is 21.5. The quantitative estimate of drug-likeness (QED) is 0.636. The molecule has 0 heterocycles. The molecular formula is C18H27F3O2. The van der Waals surface area contributed by atoms with Crippen molar-refractivity contribution in [1.29, 1.82) is 0 Å². The summed E-state index contributed by atoms with van der Waals surface area (Å²) >= 11 is 0. The van der Waals surface area contributed by atoms with Gasteiger partial charge in [0.25, 0.3) is 0 Å². The molecule has 0 saturated carbocycles. The van der Waals surface area contributed by atoms with Crippen LogP contribution in [0.5, 0.6) is 0 Å². The summed E-state index contributed by atoms with van der Waals surface area (Å²) in [4.78, 5) is 10.8. The first-order chi connectivity index (χ1) is 10.7. The number of esters is 1. The highest BCUT2D eigenvalue weighted by molar-refractivity contribution is 5.71. The van der Waals surface area contributed by atoms with Crippen molar-refractivity contribution in [2.45, 2.75) is 59.6 Å². The van der Waals surface area contributed by atoms with E-state index in [2.05, 4.69) is 0 Å². The monoisotopic (exact) mass is 332 g/mol. The van der Waals surface area contributed by atoms with Crippen LogP contribution >= 0.6 is 0 Å². The summed E-state index contributed by atoms with van der Waals surface area (Å²) in [5.41, 5.74) is -0.114. The van der Waals surface area contributed by atoms with Crippen LogP contribution in [0, 0.1) is 5.92 Å². The molecule has 2 atom stereocenters. The zero-order chi connectivity index (χ0) is 18.0. The Balaban J connectivity index is 0.000000468. The van der Waals surface area contributed by atoms with E-state index in [0.29, 0.717) is 18.6 Å². The van der Waals surface area contributed by atoms with Crippen LogP contribution in [0.4, 0.5) is 13.2 Å². The third-order valence-corrected chi connectivity index (χ3v) is 3.71. The maximum absolute atomic E-state index is 12.5.